The molecule has 0 aromatic heterocycles. The number of ether oxygens (including phenoxy) is 1. The average Bonchev–Trinajstić information content (AvgIpc) is 2.40. The van der Waals surface area contributed by atoms with Crippen molar-refractivity contribution < 1.29 is 23.1 Å². The Morgan fingerprint density at radius 1 is 1.10 bits per heavy atom. The minimum Gasteiger partial charge on any atom is -0.478 e. The summed E-state index contributed by atoms with van der Waals surface area (Å²) in [5.74, 6) is -0.460. The number of carboxylic acids is 1. The van der Waals surface area contributed by atoms with Crippen LogP contribution in [0.5, 0.6) is 11.5 Å². The van der Waals surface area contributed by atoms with Gasteiger partial charge in [-0.1, -0.05) is 12.1 Å². The fourth-order valence-corrected chi connectivity index (χ4v) is 2.46. The monoisotopic (exact) mass is 306 g/mol. The van der Waals surface area contributed by atoms with Gasteiger partial charge in [0.2, 0.25) is 0 Å². The highest BCUT2D eigenvalue weighted by molar-refractivity contribution is 7.90. The van der Waals surface area contributed by atoms with Gasteiger partial charge in [0.1, 0.15) is 17.1 Å². The van der Waals surface area contributed by atoms with Crippen molar-refractivity contribution in [3.63, 3.8) is 0 Å². The van der Waals surface area contributed by atoms with Crippen LogP contribution in [0.25, 0.3) is 0 Å². The van der Waals surface area contributed by atoms with Gasteiger partial charge in [0.05, 0.1) is 4.90 Å². The fraction of sp³-hybridized carbons (Fsp3) is 0.133. The van der Waals surface area contributed by atoms with Crippen LogP contribution in [0.1, 0.15) is 15.9 Å². The van der Waals surface area contributed by atoms with E-state index in [1.165, 1.54) is 30.3 Å². The van der Waals surface area contributed by atoms with Crippen molar-refractivity contribution in [1.82, 2.24) is 0 Å². The molecule has 6 heteroatoms. The van der Waals surface area contributed by atoms with Crippen LogP contribution in [-0.2, 0) is 9.84 Å². The molecule has 0 amide bonds. The molecule has 0 aliphatic rings. The minimum atomic E-state index is -3.27. The van der Waals surface area contributed by atoms with E-state index >= 15 is 0 Å². The molecule has 0 bridgehead atoms. The zero-order chi connectivity index (χ0) is 15.6. The molecule has 0 atom stereocenters. The van der Waals surface area contributed by atoms with Crippen molar-refractivity contribution in [3.05, 3.63) is 53.6 Å². The molecule has 110 valence electrons. The first kappa shape index (κ1) is 15.1. The second-order valence-corrected chi connectivity index (χ2v) is 6.62. The second kappa shape index (κ2) is 5.57. The van der Waals surface area contributed by atoms with E-state index in [1.807, 2.05) is 0 Å². The zero-order valence-corrected chi connectivity index (χ0v) is 12.3. The van der Waals surface area contributed by atoms with Crippen LogP contribution in [0.15, 0.2) is 47.4 Å². The van der Waals surface area contributed by atoms with Gasteiger partial charge in [-0.2, -0.15) is 0 Å². The quantitative estimate of drug-likeness (QED) is 0.939. The molecule has 0 aliphatic carbocycles. The Balaban J connectivity index is 2.37. The smallest absolute Gasteiger partial charge is 0.339 e. The van der Waals surface area contributed by atoms with Crippen LogP contribution in [0, 0.1) is 6.92 Å². The number of hydrogen-bond donors (Lipinski definition) is 1. The molecule has 0 unspecified atom stereocenters. The van der Waals surface area contributed by atoms with Gasteiger partial charge >= 0.3 is 5.97 Å². The van der Waals surface area contributed by atoms with Gasteiger partial charge in [0.25, 0.3) is 0 Å². The van der Waals surface area contributed by atoms with E-state index in [9.17, 15) is 13.2 Å². The molecule has 2 rings (SSSR count). The number of hydrogen-bond acceptors (Lipinski definition) is 4. The first-order valence-electron chi connectivity index (χ1n) is 6.10. The lowest BCUT2D eigenvalue weighted by molar-refractivity contribution is 0.0694. The maximum absolute atomic E-state index is 11.4. The molecule has 2 aromatic rings. The van der Waals surface area contributed by atoms with Crippen LogP contribution in [0.2, 0.25) is 0 Å². The molecule has 0 fully saturated rings. The third-order valence-electron chi connectivity index (χ3n) is 2.91. The maximum Gasteiger partial charge on any atom is 0.339 e. The number of sulfone groups is 1. The van der Waals surface area contributed by atoms with Crippen LogP contribution in [-0.4, -0.2) is 25.7 Å². The van der Waals surface area contributed by atoms with Gasteiger partial charge in [0.15, 0.2) is 9.84 Å². The lowest BCUT2D eigenvalue weighted by atomic mass is 10.1. The van der Waals surface area contributed by atoms with Gasteiger partial charge in [-0.05, 0) is 42.8 Å². The van der Waals surface area contributed by atoms with E-state index in [-0.39, 0.29) is 16.2 Å². The molecule has 1 N–H and O–H groups in total. The molecule has 5 nitrogen and oxygen atoms in total. The highest BCUT2D eigenvalue weighted by atomic mass is 32.2. The standard InChI is InChI=1S/C15H14O5S/c1-10-4-3-5-13(15(16)17)14(10)20-11-6-8-12(9-7-11)21(2,18)19/h3-9H,1-2H3,(H,16,17). The summed E-state index contributed by atoms with van der Waals surface area (Å²) in [6.45, 7) is 1.74. The number of para-hydroxylation sites is 1. The highest BCUT2D eigenvalue weighted by Gasteiger charge is 2.14. The Hall–Kier alpha value is -2.34. The highest BCUT2D eigenvalue weighted by Crippen LogP contribution is 2.29. The number of rotatable bonds is 4. The largest absolute Gasteiger partial charge is 0.478 e. The third kappa shape index (κ3) is 3.41. The fourth-order valence-electron chi connectivity index (χ4n) is 1.83. The van der Waals surface area contributed by atoms with Crippen molar-refractivity contribution >= 4 is 15.8 Å². The molecule has 0 spiro atoms. The van der Waals surface area contributed by atoms with Gasteiger partial charge in [0, 0.05) is 6.26 Å². The summed E-state index contributed by atoms with van der Waals surface area (Å²) in [4.78, 5) is 11.4. The van der Waals surface area contributed by atoms with Gasteiger partial charge in [-0.15, -0.1) is 0 Å². The summed E-state index contributed by atoms with van der Waals surface area (Å²) in [6.07, 6.45) is 1.12. The van der Waals surface area contributed by atoms with E-state index in [2.05, 4.69) is 0 Å². The van der Waals surface area contributed by atoms with E-state index in [1.54, 1.807) is 19.1 Å². The lowest BCUT2D eigenvalue weighted by Crippen LogP contribution is -2.02. The van der Waals surface area contributed by atoms with Crippen molar-refractivity contribution in [2.75, 3.05) is 6.26 Å². The van der Waals surface area contributed by atoms with Gasteiger partial charge in [-0.3, -0.25) is 0 Å². The zero-order valence-electron chi connectivity index (χ0n) is 11.5. The first-order valence-corrected chi connectivity index (χ1v) is 7.99. The molecule has 0 radical (unpaired) electrons. The van der Waals surface area contributed by atoms with Gasteiger partial charge in [-0.25, -0.2) is 13.2 Å². The first-order chi connectivity index (χ1) is 9.79. The van der Waals surface area contributed by atoms with E-state index in [4.69, 9.17) is 9.84 Å². The van der Waals surface area contributed by atoms with Crippen molar-refractivity contribution in [2.24, 2.45) is 0 Å². The number of benzene rings is 2. The van der Waals surface area contributed by atoms with Crippen LogP contribution in [0.4, 0.5) is 0 Å². The lowest BCUT2D eigenvalue weighted by Gasteiger charge is -2.11. The minimum absolute atomic E-state index is 0.0576. The Morgan fingerprint density at radius 2 is 1.71 bits per heavy atom. The van der Waals surface area contributed by atoms with Crippen molar-refractivity contribution in [3.8, 4) is 11.5 Å². The number of aryl methyl sites for hydroxylation is 1. The number of carbonyl (C=O) groups is 1. The Kier molecular flexibility index (Phi) is 3.99. The molecule has 2 aromatic carbocycles. The summed E-state index contributed by atoms with van der Waals surface area (Å²) < 4.78 is 28.4. The average molecular weight is 306 g/mol. The van der Waals surface area contributed by atoms with Crippen LogP contribution in [0.3, 0.4) is 0 Å². The Labute approximate surface area is 122 Å². The van der Waals surface area contributed by atoms with Crippen LogP contribution < -0.4 is 4.74 Å². The van der Waals surface area contributed by atoms with E-state index in [0.717, 1.165) is 6.26 Å². The van der Waals surface area contributed by atoms with Crippen LogP contribution >= 0.6 is 0 Å². The topological polar surface area (TPSA) is 80.7 Å². The Morgan fingerprint density at radius 3 is 2.24 bits per heavy atom. The molecular weight excluding hydrogens is 292 g/mol. The Bertz CT molecular complexity index is 776. The molecule has 0 saturated carbocycles. The normalized spacial score (nSPS) is 11.1. The summed E-state index contributed by atoms with van der Waals surface area (Å²) in [5, 5.41) is 9.16. The SMILES string of the molecule is Cc1cccc(C(=O)O)c1Oc1ccc(S(C)(=O)=O)cc1. The van der Waals surface area contributed by atoms with E-state index < -0.39 is 15.8 Å². The molecular formula is C15H14O5S. The van der Waals surface area contributed by atoms with Crippen molar-refractivity contribution in [1.29, 1.82) is 0 Å². The van der Waals surface area contributed by atoms with Crippen molar-refractivity contribution in [2.45, 2.75) is 11.8 Å². The third-order valence-corrected chi connectivity index (χ3v) is 4.04. The summed E-state index contributed by atoms with van der Waals surface area (Å²) in [6, 6.07) is 10.7. The molecule has 0 saturated heterocycles. The maximum atomic E-state index is 11.4. The van der Waals surface area contributed by atoms with Gasteiger partial charge < -0.3 is 9.84 Å². The predicted octanol–water partition coefficient (Wildman–Crippen LogP) is 2.89. The molecule has 0 aliphatic heterocycles. The van der Waals surface area contributed by atoms with E-state index in [0.29, 0.717) is 11.3 Å². The number of carboxylic acid groups (broad SMARTS) is 1. The summed E-state index contributed by atoms with van der Waals surface area (Å²) >= 11 is 0. The summed E-state index contributed by atoms with van der Waals surface area (Å²) in [7, 11) is -3.27. The second-order valence-electron chi connectivity index (χ2n) is 4.60. The summed E-state index contributed by atoms with van der Waals surface area (Å²) in [5.41, 5.74) is 0.740. The number of aromatic carboxylic acids is 1. The molecule has 21 heavy (non-hydrogen) atoms. The predicted molar refractivity (Wildman–Crippen MR) is 77.8 cm³/mol. The molecule has 0 heterocycles.